The van der Waals surface area contributed by atoms with Gasteiger partial charge in [0.25, 0.3) is 5.91 Å². The second kappa shape index (κ2) is 6.88. The normalized spacial score (nSPS) is 11.5. The third-order valence-electron chi connectivity index (χ3n) is 3.89. The molecule has 3 aromatic rings. The van der Waals surface area contributed by atoms with Crippen molar-refractivity contribution < 1.29 is 9.59 Å². The van der Waals surface area contributed by atoms with Gasteiger partial charge in [-0.1, -0.05) is 41.5 Å². The number of thiazole rings is 1. The number of aromatic nitrogens is 1. The summed E-state index contributed by atoms with van der Waals surface area (Å²) in [4.78, 5) is 28.7. The zero-order chi connectivity index (χ0) is 18.0. The molecule has 1 heterocycles. The number of Topliss-reactive ketones (excluding diaryl/α,β-unsaturated/α-hetero) is 1. The molecule has 0 radical (unpaired) electrons. The maximum atomic E-state index is 12.5. The Bertz CT molecular complexity index is 1080. The zero-order valence-electron chi connectivity index (χ0n) is 13.9. The van der Waals surface area contributed by atoms with Crippen LogP contribution in [0.4, 0.5) is 0 Å². The van der Waals surface area contributed by atoms with Gasteiger partial charge in [-0.15, -0.1) is 6.42 Å². The lowest BCUT2D eigenvalue weighted by Crippen LogP contribution is -2.17. The molecule has 0 aliphatic heterocycles. The van der Waals surface area contributed by atoms with Gasteiger partial charge in [-0.25, -0.2) is 0 Å². The van der Waals surface area contributed by atoms with Crippen LogP contribution in [0.25, 0.3) is 10.2 Å². The number of rotatable bonds is 3. The Morgan fingerprint density at radius 1 is 1.16 bits per heavy atom. The molecule has 0 bridgehead atoms. The van der Waals surface area contributed by atoms with E-state index in [2.05, 4.69) is 10.9 Å². The average Bonchev–Trinajstić information content (AvgIpc) is 2.94. The van der Waals surface area contributed by atoms with E-state index in [1.54, 1.807) is 24.3 Å². The molecule has 0 saturated heterocycles. The molecular weight excluding hydrogens is 332 g/mol. The van der Waals surface area contributed by atoms with Crippen LogP contribution < -0.4 is 4.80 Å². The second-order valence-corrected chi connectivity index (χ2v) is 6.66. The Morgan fingerprint density at radius 3 is 2.48 bits per heavy atom. The lowest BCUT2D eigenvalue weighted by molar-refractivity contribution is 0.0991. The van der Waals surface area contributed by atoms with E-state index in [9.17, 15) is 9.59 Å². The summed E-state index contributed by atoms with van der Waals surface area (Å²) >= 11 is 1.43. The Labute approximate surface area is 149 Å². The number of terminal acetylenes is 1. The summed E-state index contributed by atoms with van der Waals surface area (Å²) in [6.45, 7) is 3.85. The minimum Gasteiger partial charge on any atom is -0.304 e. The summed E-state index contributed by atoms with van der Waals surface area (Å²) in [5.74, 6) is 2.23. The van der Waals surface area contributed by atoms with Crippen molar-refractivity contribution in [2.75, 3.05) is 0 Å². The quantitative estimate of drug-likeness (QED) is 0.536. The van der Waals surface area contributed by atoms with Crippen LogP contribution in [0.1, 0.15) is 33.2 Å². The summed E-state index contributed by atoms with van der Waals surface area (Å²) < 4.78 is 2.92. The highest BCUT2D eigenvalue weighted by Crippen LogP contribution is 2.21. The molecule has 1 amide bonds. The number of hydrogen-bond acceptors (Lipinski definition) is 3. The van der Waals surface area contributed by atoms with Crippen molar-refractivity contribution in [2.45, 2.75) is 20.4 Å². The predicted molar refractivity (Wildman–Crippen MR) is 99.7 cm³/mol. The molecule has 0 spiro atoms. The molecule has 3 rings (SSSR count). The van der Waals surface area contributed by atoms with Crippen LogP contribution in [0.5, 0.6) is 0 Å². The van der Waals surface area contributed by atoms with Crippen LogP contribution in [0.3, 0.4) is 0 Å². The predicted octanol–water partition coefficient (Wildman–Crippen LogP) is 3.59. The highest BCUT2D eigenvalue weighted by atomic mass is 32.1. The second-order valence-electron chi connectivity index (χ2n) is 5.65. The van der Waals surface area contributed by atoms with Crippen LogP contribution in [0, 0.1) is 19.3 Å². The standard InChI is InChI=1S/C20H16N2O2S/c1-4-12-22-18-13(2)6-5-7-17(18)25-20(22)21-19(24)16-10-8-15(9-11-16)14(3)23/h1,5-11H,12H2,2-3H3. The third kappa shape index (κ3) is 3.30. The molecule has 1 aromatic heterocycles. The first-order chi connectivity index (χ1) is 12.0. The van der Waals surface area contributed by atoms with Gasteiger partial charge in [0.15, 0.2) is 10.6 Å². The number of nitrogens with zero attached hydrogens (tertiary/aromatic N) is 2. The molecule has 4 nitrogen and oxygen atoms in total. The van der Waals surface area contributed by atoms with Crippen molar-refractivity contribution in [3.63, 3.8) is 0 Å². The maximum Gasteiger partial charge on any atom is 0.279 e. The minimum absolute atomic E-state index is 0.0391. The van der Waals surface area contributed by atoms with Crippen LogP contribution in [-0.4, -0.2) is 16.3 Å². The van der Waals surface area contributed by atoms with Crippen molar-refractivity contribution >= 4 is 33.2 Å². The van der Waals surface area contributed by atoms with Gasteiger partial charge in [-0.05, 0) is 37.6 Å². The average molecular weight is 348 g/mol. The van der Waals surface area contributed by atoms with Crippen molar-refractivity contribution in [3.05, 3.63) is 64.0 Å². The van der Waals surface area contributed by atoms with Gasteiger partial charge in [-0.3, -0.25) is 9.59 Å². The molecule has 5 heteroatoms. The smallest absolute Gasteiger partial charge is 0.279 e. The van der Waals surface area contributed by atoms with Crippen molar-refractivity contribution in [1.29, 1.82) is 0 Å². The van der Waals surface area contributed by atoms with E-state index >= 15 is 0 Å². The van der Waals surface area contributed by atoms with E-state index < -0.39 is 0 Å². The number of benzene rings is 2. The van der Waals surface area contributed by atoms with Gasteiger partial charge >= 0.3 is 0 Å². The van der Waals surface area contributed by atoms with Crippen LogP contribution >= 0.6 is 11.3 Å². The van der Waals surface area contributed by atoms with Gasteiger partial charge in [0, 0.05) is 11.1 Å². The Hall–Kier alpha value is -2.97. The van der Waals surface area contributed by atoms with E-state index in [1.165, 1.54) is 18.3 Å². The summed E-state index contributed by atoms with van der Waals surface area (Å²) in [5.41, 5.74) is 3.09. The monoisotopic (exact) mass is 348 g/mol. The van der Waals surface area contributed by atoms with Crippen LogP contribution in [0.15, 0.2) is 47.5 Å². The van der Waals surface area contributed by atoms with Gasteiger partial charge in [0.2, 0.25) is 0 Å². The van der Waals surface area contributed by atoms with Crippen LogP contribution in [-0.2, 0) is 6.54 Å². The van der Waals surface area contributed by atoms with E-state index in [4.69, 9.17) is 6.42 Å². The number of amides is 1. The van der Waals surface area contributed by atoms with E-state index in [0.29, 0.717) is 22.5 Å². The number of carbonyl (C=O) groups is 2. The number of carbonyl (C=O) groups excluding carboxylic acids is 2. The SMILES string of the molecule is C#CCn1c(=NC(=O)c2ccc(C(C)=O)cc2)sc2cccc(C)c21. The molecule has 2 aromatic carbocycles. The Balaban J connectivity index is 2.10. The van der Waals surface area contributed by atoms with Gasteiger partial charge in [0.05, 0.1) is 16.8 Å². The number of hydrogen-bond donors (Lipinski definition) is 0. The summed E-state index contributed by atoms with van der Waals surface area (Å²) in [7, 11) is 0. The fraction of sp³-hybridized carbons (Fsp3) is 0.150. The molecule has 0 atom stereocenters. The summed E-state index contributed by atoms with van der Waals surface area (Å²) in [6.07, 6.45) is 5.49. The van der Waals surface area contributed by atoms with Crippen molar-refractivity contribution in [1.82, 2.24) is 4.57 Å². The first-order valence-corrected chi connectivity index (χ1v) is 8.55. The largest absolute Gasteiger partial charge is 0.304 e. The van der Waals surface area contributed by atoms with E-state index in [0.717, 1.165) is 15.8 Å². The molecule has 0 fully saturated rings. The van der Waals surface area contributed by atoms with Gasteiger partial charge < -0.3 is 4.57 Å². The number of para-hydroxylation sites is 1. The molecule has 124 valence electrons. The summed E-state index contributed by atoms with van der Waals surface area (Å²) in [6, 6.07) is 12.5. The van der Waals surface area contributed by atoms with Gasteiger partial charge in [-0.2, -0.15) is 4.99 Å². The highest BCUT2D eigenvalue weighted by Gasteiger charge is 2.10. The molecule has 0 unspecified atom stereocenters. The molecule has 0 aliphatic rings. The van der Waals surface area contributed by atoms with E-state index in [-0.39, 0.29) is 11.7 Å². The maximum absolute atomic E-state index is 12.5. The molecular formula is C20H16N2O2S. The molecule has 25 heavy (non-hydrogen) atoms. The highest BCUT2D eigenvalue weighted by molar-refractivity contribution is 7.16. The fourth-order valence-electron chi connectivity index (χ4n) is 2.63. The Kier molecular flexibility index (Phi) is 4.64. The first kappa shape index (κ1) is 16.9. The Morgan fingerprint density at radius 2 is 1.84 bits per heavy atom. The number of fused-ring (bicyclic) bond motifs is 1. The van der Waals surface area contributed by atoms with Crippen molar-refractivity contribution in [3.8, 4) is 12.3 Å². The number of aryl methyl sites for hydroxylation is 1. The molecule has 0 saturated carbocycles. The number of ketones is 1. The summed E-state index contributed by atoms with van der Waals surface area (Å²) in [5, 5.41) is 0. The molecule has 0 aliphatic carbocycles. The zero-order valence-corrected chi connectivity index (χ0v) is 14.8. The lowest BCUT2D eigenvalue weighted by atomic mass is 10.1. The van der Waals surface area contributed by atoms with Crippen LogP contribution in [0.2, 0.25) is 0 Å². The van der Waals surface area contributed by atoms with Crippen molar-refractivity contribution in [2.24, 2.45) is 4.99 Å². The fourth-order valence-corrected chi connectivity index (χ4v) is 3.74. The molecule has 0 N–H and O–H groups in total. The minimum atomic E-state index is -0.356. The van der Waals surface area contributed by atoms with Gasteiger partial charge in [0.1, 0.15) is 0 Å². The lowest BCUT2D eigenvalue weighted by Gasteiger charge is -2.02. The third-order valence-corrected chi connectivity index (χ3v) is 4.93. The van der Waals surface area contributed by atoms with E-state index in [1.807, 2.05) is 29.7 Å². The first-order valence-electron chi connectivity index (χ1n) is 7.73. The topological polar surface area (TPSA) is 51.4 Å².